The van der Waals surface area contributed by atoms with Gasteiger partial charge in [0.05, 0.1) is 43.6 Å². The Morgan fingerprint density at radius 3 is 2.43 bits per heavy atom. The average molecular weight is 448 g/mol. The highest BCUT2D eigenvalue weighted by atomic mass is 35.5. The molecule has 2 atom stereocenters. The van der Waals surface area contributed by atoms with Crippen LogP contribution in [0.5, 0.6) is 0 Å². The fraction of sp³-hybridized carbons (Fsp3) is 0.318. The predicted octanol–water partition coefficient (Wildman–Crippen LogP) is 6.01. The summed E-state index contributed by atoms with van der Waals surface area (Å²) in [7, 11) is 0. The molecule has 1 N–H and O–H groups in total. The molecule has 0 saturated heterocycles. The molecule has 1 aromatic heterocycles. The lowest BCUT2D eigenvalue weighted by atomic mass is 9.67. The lowest BCUT2D eigenvalue weighted by Gasteiger charge is -2.36. The third-order valence-corrected chi connectivity index (χ3v) is 7.54. The fourth-order valence-corrected chi connectivity index (χ4v) is 5.52. The molecule has 1 saturated carbocycles. The molecule has 1 heterocycles. The Hall–Kier alpha value is -2.31. The summed E-state index contributed by atoms with van der Waals surface area (Å²) < 4.78 is 27.5. The summed E-state index contributed by atoms with van der Waals surface area (Å²) in [4.78, 5) is 23.2. The van der Waals surface area contributed by atoms with Crippen LogP contribution >= 0.6 is 23.2 Å². The second kappa shape index (κ2) is 6.34. The molecule has 30 heavy (non-hydrogen) atoms. The molecule has 0 aliphatic heterocycles. The number of hydrogen-bond acceptors (Lipinski definition) is 3. The standard InChI is InChI=1S/C22H17Cl2F2N3O/c1-21(2)11-5-6-22(21,20(30)29-15-4-3-10(25)7-14(15)26)19-18(11)27-16-8-12(23)13(24)9-17(16)28-19/h3-4,7-9,11H,5-6H2,1-2H3,(H,29,30). The summed E-state index contributed by atoms with van der Waals surface area (Å²) in [6, 6.07) is 6.39. The van der Waals surface area contributed by atoms with E-state index in [9.17, 15) is 13.6 Å². The van der Waals surface area contributed by atoms with Crippen molar-refractivity contribution in [3.05, 3.63) is 63.4 Å². The normalized spacial score (nSPS) is 23.6. The van der Waals surface area contributed by atoms with Gasteiger partial charge in [0.2, 0.25) is 5.91 Å². The number of fused-ring (bicyclic) bond motifs is 6. The zero-order valence-corrected chi connectivity index (χ0v) is 17.7. The number of rotatable bonds is 2. The van der Waals surface area contributed by atoms with E-state index in [2.05, 4.69) is 5.32 Å². The van der Waals surface area contributed by atoms with Crippen LogP contribution in [0, 0.1) is 17.0 Å². The molecule has 8 heteroatoms. The van der Waals surface area contributed by atoms with Gasteiger partial charge in [0.25, 0.3) is 0 Å². The van der Waals surface area contributed by atoms with E-state index in [1.807, 2.05) is 13.8 Å². The van der Waals surface area contributed by atoms with E-state index in [1.165, 1.54) is 6.07 Å². The van der Waals surface area contributed by atoms with Crippen molar-refractivity contribution in [1.82, 2.24) is 9.97 Å². The molecule has 2 aliphatic carbocycles. The summed E-state index contributed by atoms with van der Waals surface area (Å²) >= 11 is 12.3. The zero-order chi connectivity index (χ0) is 21.4. The van der Waals surface area contributed by atoms with Gasteiger partial charge in [-0.3, -0.25) is 4.79 Å². The highest BCUT2D eigenvalue weighted by Crippen LogP contribution is 2.67. The molecule has 4 nitrogen and oxygen atoms in total. The number of nitrogens with zero attached hydrogens (tertiary/aromatic N) is 2. The molecule has 0 radical (unpaired) electrons. The molecular formula is C22H17Cl2F2N3O. The van der Waals surface area contributed by atoms with Crippen LogP contribution in [0.2, 0.25) is 10.0 Å². The number of halogens is 4. The van der Waals surface area contributed by atoms with Crippen molar-refractivity contribution >= 4 is 45.8 Å². The number of nitrogens with one attached hydrogen (secondary N) is 1. The number of anilines is 1. The van der Waals surface area contributed by atoms with Crippen molar-refractivity contribution in [2.75, 3.05) is 5.32 Å². The first-order valence-corrected chi connectivity index (χ1v) is 10.3. The molecular weight excluding hydrogens is 431 g/mol. The smallest absolute Gasteiger partial charge is 0.237 e. The first-order chi connectivity index (χ1) is 14.1. The van der Waals surface area contributed by atoms with Gasteiger partial charge in [-0.1, -0.05) is 37.0 Å². The van der Waals surface area contributed by atoms with Gasteiger partial charge < -0.3 is 5.32 Å². The number of amides is 1. The summed E-state index contributed by atoms with van der Waals surface area (Å²) in [5.74, 6) is -1.86. The van der Waals surface area contributed by atoms with Crippen LogP contribution in [-0.2, 0) is 10.2 Å². The lowest BCUT2D eigenvalue weighted by Crippen LogP contribution is -2.46. The summed E-state index contributed by atoms with van der Waals surface area (Å²) in [6.45, 7) is 4.03. The second-order valence-electron chi connectivity index (χ2n) is 8.51. The van der Waals surface area contributed by atoms with E-state index in [0.29, 0.717) is 33.2 Å². The highest BCUT2D eigenvalue weighted by molar-refractivity contribution is 6.42. The van der Waals surface area contributed by atoms with Gasteiger partial charge in [-0.2, -0.15) is 0 Å². The minimum Gasteiger partial charge on any atom is -0.323 e. The highest BCUT2D eigenvalue weighted by Gasteiger charge is 2.67. The second-order valence-corrected chi connectivity index (χ2v) is 9.32. The van der Waals surface area contributed by atoms with Gasteiger partial charge in [0.15, 0.2) is 0 Å². The average Bonchev–Trinajstić information content (AvgIpc) is 3.05. The quantitative estimate of drug-likeness (QED) is 0.523. The maximum absolute atomic E-state index is 14.2. The molecule has 0 spiro atoms. The minimum absolute atomic E-state index is 0.0302. The molecule has 2 aliphatic rings. The zero-order valence-electron chi connectivity index (χ0n) is 16.2. The van der Waals surface area contributed by atoms with Crippen molar-refractivity contribution in [2.24, 2.45) is 5.41 Å². The molecule has 2 unspecified atom stereocenters. The summed E-state index contributed by atoms with van der Waals surface area (Å²) in [6.07, 6.45) is 1.33. The topological polar surface area (TPSA) is 54.9 Å². The Morgan fingerprint density at radius 2 is 1.77 bits per heavy atom. The monoisotopic (exact) mass is 447 g/mol. The number of benzene rings is 2. The Kier molecular flexibility index (Phi) is 4.15. The lowest BCUT2D eigenvalue weighted by molar-refractivity contribution is -0.124. The van der Waals surface area contributed by atoms with Crippen LogP contribution in [0.25, 0.3) is 11.0 Å². The van der Waals surface area contributed by atoms with Crippen LogP contribution in [0.15, 0.2) is 30.3 Å². The molecule has 2 bridgehead atoms. The van der Waals surface area contributed by atoms with Gasteiger partial charge in [0, 0.05) is 12.0 Å². The van der Waals surface area contributed by atoms with Gasteiger partial charge >= 0.3 is 0 Å². The Morgan fingerprint density at radius 1 is 1.10 bits per heavy atom. The van der Waals surface area contributed by atoms with Crippen molar-refractivity contribution < 1.29 is 13.6 Å². The Bertz CT molecular complexity index is 1250. The molecule has 5 rings (SSSR count). The van der Waals surface area contributed by atoms with Crippen molar-refractivity contribution in [3.63, 3.8) is 0 Å². The van der Waals surface area contributed by atoms with Crippen molar-refractivity contribution in [2.45, 2.75) is 38.0 Å². The van der Waals surface area contributed by atoms with E-state index < -0.39 is 22.5 Å². The van der Waals surface area contributed by atoms with Crippen LogP contribution in [0.4, 0.5) is 14.5 Å². The third kappa shape index (κ3) is 2.47. The minimum atomic E-state index is -0.985. The Balaban J connectivity index is 1.67. The van der Waals surface area contributed by atoms with Crippen molar-refractivity contribution in [3.8, 4) is 0 Å². The van der Waals surface area contributed by atoms with Gasteiger partial charge in [-0.05, 0) is 42.5 Å². The maximum Gasteiger partial charge on any atom is 0.237 e. The number of carbonyl (C=O) groups is 1. The van der Waals surface area contributed by atoms with Crippen LogP contribution < -0.4 is 5.32 Å². The molecule has 154 valence electrons. The van der Waals surface area contributed by atoms with Crippen LogP contribution in [0.3, 0.4) is 0 Å². The number of aromatic nitrogens is 2. The van der Waals surface area contributed by atoms with Crippen molar-refractivity contribution in [1.29, 1.82) is 0 Å². The molecule has 3 aromatic rings. The summed E-state index contributed by atoms with van der Waals surface area (Å²) in [5.41, 5.74) is 0.994. The van der Waals surface area contributed by atoms with E-state index in [1.54, 1.807) is 12.1 Å². The van der Waals surface area contributed by atoms with Gasteiger partial charge in [-0.25, -0.2) is 18.7 Å². The van der Waals surface area contributed by atoms with Gasteiger partial charge in [-0.15, -0.1) is 0 Å². The van der Waals surface area contributed by atoms with E-state index in [0.717, 1.165) is 24.2 Å². The van der Waals surface area contributed by atoms with E-state index in [-0.39, 0.29) is 17.5 Å². The van der Waals surface area contributed by atoms with Gasteiger partial charge in [0.1, 0.15) is 11.6 Å². The first kappa shape index (κ1) is 19.6. The molecule has 2 aromatic carbocycles. The SMILES string of the molecule is CC1(C)C2CCC1(C(=O)Nc1ccc(F)cc1F)c1nc3cc(Cl)c(Cl)cc3nc12. The van der Waals surface area contributed by atoms with Crippen LogP contribution in [0.1, 0.15) is 44.0 Å². The fourth-order valence-electron chi connectivity index (χ4n) is 5.20. The van der Waals surface area contributed by atoms with Crippen LogP contribution in [-0.4, -0.2) is 15.9 Å². The first-order valence-electron chi connectivity index (χ1n) is 9.59. The van der Waals surface area contributed by atoms with E-state index in [4.69, 9.17) is 33.2 Å². The largest absolute Gasteiger partial charge is 0.323 e. The third-order valence-electron chi connectivity index (χ3n) is 6.81. The predicted molar refractivity (Wildman–Crippen MR) is 112 cm³/mol. The molecule has 1 amide bonds. The number of hydrogen-bond donors (Lipinski definition) is 1. The Labute approximate surface area is 181 Å². The molecule has 1 fully saturated rings. The summed E-state index contributed by atoms with van der Waals surface area (Å²) in [5, 5.41) is 3.41. The maximum atomic E-state index is 14.2. The number of carbonyl (C=O) groups excluding carboxylic acids is 1. The van der Waals surface area contributed by atoms with E-state index >= 15 is 0 Å².